The third kappa shape index (κ3) is 2.67. The minimum atomic E-state index is -0.914. The molecule has 0 aliphatic carbocycles. The largest absolute Gasteiger partial charge is 0.497 e. The summed E-state index contributed by atoms with van der Waals surface area (Å²) in [6.45, 7) is 1.64. The normalized spacial score (nSPS) is 20.1. The molecular weight excluding hydrogens is 384 g/mol. The molecule has 1 unspecified atom stereocenters. The van der Waals surface area contributed by atoms with Crippen molar-refractivity contribution >= 4 is 11.9 Å². The van der Waals surface area contributed by atoms with E-state index in [0.29, 0.717) is 31.1 Å². The molecular formula is C22H22N4O4. The van der Waals surface area contributed by atoms with Gasteiger partial charge in [0.25, 0.3) is 5.91 Å². The highest BCUT2D eigenvalue weighted by Gasteiger charge is 2.56. The maximum atomic E-state index is 13.3. The summed E-state index contributed by atoms with van der Waals surface area (Å²) >= 11 is 0. The highest BCUT2D eigenvalue weighted by molar-refractivity contribution is 5.95. The van der Waals surface area contributed by atoms with Gasteiger partial charge >= 0.3 is 6.03 Å². The van der Waals surface area contributed by atoms with Crippen LogP contribution in [-0.2, 0) is 18.8 Å². The molecule has 5 rings (SSSR count). The summed E-state index contributed by atoms with van der Waals surface area (Å²) in [6.07, 6.45) is 3.46. The maximum absolute atomic E-state index is 13.3. The van der Waals surface area contributed by atoms with Crippen LogP contribution in [0.15, 0.2) is 65.4 Å². The molecule has 0 radical (unpaired) electrons. The van der Waals surface area contributed by atoms with Crippen LogP contribution in [-0.4, -0.2) is 46.5 Å². The second kappa shape index (κ2) is 6.98. The summed E-state index contributed by atoms with van der Waals surface area (Å²) in [5.74, 6) is 1.31. The predicted molar refractivity (Wildman–Crippen MR) is 108 cm³/mol. The lowest BCUT2D eigenvalue weighted by atomic mass is 9.94. The predicted octanol–water partition coefficient (Wildman–Crippen LogP) is 2.62. The number of fused-ring (bicyclic) bond motifs is 2. The number of amides is 3. The summed E-state index contributed by atoms with van der Waals surface area (Å²) in [7, 11) is 1.61. The number of hydrogen-bond acceptors (Lipinski definition) is 4. The summed E-state index contributed by atoms with van der Waals surface area (Å²) < 4.78 is 12.5. The second-order valence-corrected chi connectivity index (χ2v) is 7.41. The molecule has 0 bridgehead atoms. The second-order valence-electron chi connectivity index (χ2n) is 7.41. The minimum absolute atomic E-state index is 0.0802. The van der Waals surface area contributed by atoms with Gasteiger partial charge in [0.2, 0.25) is 0 Å². The van der Waals surface area contributed by atoms with Gasteiger partial charge in [-0.3, -0.25) is 9.69 Å². The highest BCUT2D eigenvalue weighted by atomic mass is 16.5. The van der Waals surface area contributed by atoms with Crippen LogP contribution in [0, 0.1) is 0 Å². The molecule has 2 aliphatic rings. The Kier molecular flexibility index (Phi) is 4.27. The quantitative estimate of drug-likeness (QED) is 0.722. The summed E-state index contributed by atoms with van der Waals surface area (Å²) in [5.41, 5.74) is 0.585. The third-order valence-electron chi connectivity index (χ3n) is 5.92. The summed E-state index contributed by atoms with van der Waals surface area (Å²) in [5, 5.41) is 2.93. The van der Waals surface area contributed by atoms with Crippen molar-refractivity contribution in [3.63, 3.8) is 0 Å². The van der Waals surface area contributed by atoms with E-state index in [9.17, 15) is 9.59 Å². The Bertz CT molecular complexity index is 1070. The zero-order valence-electron chi connectivity index (χ0n) is 16.6. The molecule has 8 nitrogen and oxygen atoms in total. The number of methoxy groups -OCH3 is 1. The number of hydrogen-bond donors (Lipinski definition) is 1. The molecule has 0 spiro atoms. The number of ether oxygens (including phenoxy) is 1. The molecule has 1 aromatic carbocycles. The number of carbonyl (C=O) groups excluding carboxylic acids is 2. The zero-order valence-corrected chi connectivity index (χ0v) is 16.6. The molecule has 1 saturated heterocycles. The molecule has 1 fully saturated rings. The number of aromatic nitrogens is 1. The topological polar surface area (TPSA) is 80.0 Å². The van der Waals surface area contributed by atoms with Crippen molar-refractivity contribution in [1.29, 1.82) is 0 Å². The molecule has 4 heterocycles. The molecule has 0 saturated carbocycles. The van der Waals surface area contributed by atoms with Gasteiger partial charge < -0.3 is 23.9 Å². The monoisotopic (exact) mass is 406 g/mol. The molecule has 154 valence electrons. The lowest BCUT2D eigenvalue weighted by Gasteiger charge is -2.47. The van der Waals surface area contributed by atoms with E-state index in [2.05, 4.69) is 5.32 Å². The Morgan fingerprint density at radius 2 is 2.00 bits per heavy atom. The number of nitrogens with one attached hydrogen (secondary N) is 1. The molecule has 30 heavy (non-hydrogen) atoms. The Hall–Kier alpha value is -3.68. The average molecular weight is 406 g/mol. The maximum Gasteiger partial charge on any atom is 0.320 e. The first kappa shape index (κ1) is 18.4. The Morgan fingerprint density at radius 3 is 2.73 bits per heavy atom. The fraction of sp³-hybridized carbons (Fsp3) is 0.273. The number of furan rings is 1. The van der Waals surface area contributed by atoms with Crippen LogP contribution in [0.1, 0.15) is 21.8 Å². The van der Waals surface area contributed by atoms with E-state index in [0.717, 1.165) is 11.3 Å². The lowest BCUT2D eigenvalue weighted by Crippen LogP contribution is -2.61. The summed E-state index contributed by atoms with van der Waals surface area (Å²) in [6, 6.07) is 14.6. The number of benzene rings is 1. The van der Waals surface area contributed by atoms with E-state index in [1.807, 2.05) is 53.2 Å². The van der Waals surface area contributed by atoms with Gasteiger partial charge in [0, 0.05) is 24.8 Å². The van der Waals surface area contributed by atoms with Crippen molar-refractivity contribution in [3.8, 4) is 5.75 Å². The van der Waals surface area contributed by atoms with Crippen LogP contribution >= 0.6 is 0 Å². The summed E-state index contributed by atoms with van der Waals surface area (Å²) in [4.78, 5) is 30.1. The van der Waals surface area contributed by atoms with Crippen LogP contribution in [0.2, 0.25) is 0 Å². The molecule has 2 aliphatic heterocycles. The fourth-order valence-electron chi connectivity index (χ4n) is 4.48. The Morgan fingerprint density at radius 1 is 1.17 bits per heavy atom. The molecule has 3 amide bonds. The van der Waals surface area contributed by atoms with E-state index in [4.69, 9.17) is 9.15 Å². The molecule has 8 heteroatoms. The number of carbonyl (C=O) groups is 2. The highest BCUT2D eigenvalue weighted by Crippen LogP contribution is 2.43. The van der Waals surface area contributed by atoms with E-state index in [-0.39, 0.29) is 18.5 Å². The van der Waals surface area contributed by atoms with Crippen molar-refractivity contribution < 1.29 is 18.7 Å². The molecule has 1 N–H and O–H groups in total. The van der Waals surface area contributed by atoms with E-state index in [1.165, 1.54) is 0 Å². The SMILES string of the molecule is COc1ccc(C23Cn4cccc4C(=O)N2CCN3C(=O)NCc2ccco2)cc1. The van der Waals surface area contributed by atoms with Gasteiger partial charge in [-0.05, 0) is 36.4 Å². The smallest absolute Gasteiger partial charge is 0.320 e. The molecule has 3 aromatic rings. The average Bonchev–Trinajstić information content (AvgIpc) is 3.52. The lowest BCUT2D eigenvalue weighted by molar-refractivity contribution is 0.00445. The van der Waals surface area contributed by atoms with Crippen molar-refractivity contribution in [2.45, 2.75) is 18.8 Å². The van der Waals surface area contributed by atoms with E-state index >= 15 is 0 Å². The van der Waals surface area contributed by atoms with E-state index in [1.54, 1.807) is 29.2 Å². The van der Waals surface area contributed by atoms with Crippen LogP contribution in [0.3, 0.4) is 0 Å². The van der Waals surface area contributed by atoms with Crippen molar-refractivity contribution in [3.05, 3.63) is 78.0 Å². The van der Waals surface area contributed by atoms with Gasteiger partial charge in [0.05, 0.1) is 26.5 Å². The van der Waals surface area contributed by atoms with Gasteiger partial charge in [-0.25, -0.2) is 4.79 Å². The first-order chi connectivity index (χ1) is 14.6. The van der Waals surface area contributed by atoms with Gasteiger partial charge in [-0.2, -0.15) is 0 Å². The van der Waals surface area contributed by atoms with E-state index < -0.39 is 5.66 Å². The standard InChI is InChI=1S/C22H22N4O4/c1-29-17-8-6-16(7-9-17)22-15-24-10-2-5-19(24)20(27)25(22)11-12-26(22)21(28)23-14-18-4-3-13-30-18/h2-10,13H,11-12,14-15H2,1H3,(H,23,28). The number of rotatable bonds is 4. The Labute approximate surface area is 173 Å². The Balaban J connectivity index is 1.55. The number of nitrogens with zero attached hydrogens (tertiary/aromatic N) is 3. The van der Waals surface area contributed by atoms with Crippen molar-refractivity contribution in [2.24, 2.45) is 0 Å². The van der Waals surface area contributed by atoms with Crippen LogP contribution in [0.25, 0.3) is 0 Å². The minimum Gasteiger partial charge on any atom is -0.497 e. The van der Waals surface area contributed by atoms with Gasteiger partial charge in [0.15, 0.2) is 5.66 Å². The first-order valence-corrected chi connectivity index (χ1v) is 9.83. The van der Waals surface area contributed by atoms with Gasteiger partial charge in [0.1, 0.15) is 17.2 Å². The zero-order chi connectivity index (χ0) is 20.7. The van der Waals surface area contributed by atoms with Gasteiger partial charge in [-0.15, -0.1) is 0 Å². The fourth-order valence-corrected chi connectivity index (χ4v) is 4.48. The third-order valence-corrected chi connectivity index (χ3v) is 5.92. The van der Waals surface area contributed by atoms with Gasteiger partial charge in [-0.1, -0.05) is 12.1 Å². The van der Waals surface area contributed by atoms with Crippen LogP contribution in [0.5, 0.6) is 5.75 Å². The molecule has 1 atom stereocenters. The van der Waals surface area contributed by atoms with Crippen LogP contribution in [0.4, 0.5) is 4.79 Å². The van der Waals surface area contributed by atoms with Crippen molar-refractivity contribution in [1.82, 2.24) is 19.7 Å². The first-order valence-electron chi connectivity index (χ1n) is 9.83. The van der Waals surface area contributed by atoms with Crippen LogP contribution < -0.4 is 10.1 Å². The number of urea groups is 1. The molecule has 2 aromatic heterocycles. The van der Waals surface area contributed by atoms with Crippen molar-refractivity contribution in [2.75, 3.05) is 20.2 Å².